The number of aryl methyl sites for hydroxylation is 2. The van der Waals surface area contributed by atoms with Crippen molar-refractivity contribution in [3.05, 3.63) is 53.9 Å². The van der Waals surface area contributed by atoms with Crippen LogP contribution in [0.25, 0.3) is 0 Å². The Kier molecular flexibility index (Phi) is 6.46. The number of likely N-dealkylation sites (tertiary alicyclic amines) is 1. The molecule has 156 valence electrons. The van der Waals surface area contributed by atoms with E-state index in [1.807, 2.05) is 17.9 Å². The van der Waals surface area contributed by atoms with Crippen molar-refractivity contribution in [3.63, 3.8) is 0 Å². The molecule has 7 nitrogen and oxygen atoms in total. The number of rotatable bonds is 6. The summed E-state index contributed by atoms with van der Waals surface area (Å²) < 4.78 is 8.10. The summed E-state index contributed by atoms with van der Waals surface area (Å²) in [5.74, 6) is 0.972. The van der Waals surface area contributed by atoms with Gasteiger partial charge in [-0.1, -0.05) is 30.3 Å². The van der Waals surface area contributed by atoms with Gasteiger partial charge in [-0.3, -0.25) is 14.6 Å². The first kappa shape index (κ1) is 19.9. The predicted octanol–water partition coefficient (Wildman–Crippen LogP) is 1.74. The molecule has 4 rings (SSSR count). The van der Waals surface area contributed by atoms with E-state index < -0.39 is 0 Å². The van der Waals surface area contributed by atoms with E-state index in [1.165, 1.54) is 11.1 Å². The van der Waals surface area contributed by atoms with Crippen molar-refractivity contribution < 1.29 is 4.74 Å². The predicted molar refractivity (Wildman–Crippen MR) is 115 cm³/mol. The van der Waals surface area contributed by atoms with Crippen LogP contribution in [0.4, 0.5) is 0 Å². The van der Waals surface area contributed by atoms with Crippen molar-refractivity contribution >= 4 is 5.96 Å². The van der Waals surface area contributed by atoms with Crippen LogP contribution in [0, 0.1) is 6.92 Å². The highest BCUT2D eigenvalue weighted by Gasteiger charge is 2.41. The van der Waals surface area contributed by atoms with Crippen LogP contribution >= 0.6 is 0 Å². The number of nitrogens with zero attached hydrogens (tertiary/aromatic N) is 5. The van der Waals surface area contributed by atoms with Gasteiger partial charge in [0, 0.05) is 52.5 Å². The normalized spacial score (nSPS) is 22.7. The Morgan fingerprint density at radius 1 is 1.28 bits per heavy atom. The molecule has 2 unspecified atom stereocenters. The van der Waals surface area contributed by atoms with Crippen LogP contribution in [0.2, 0.25) is 0 Å². The summed E-state index contributed by atoms with van der Waals surface area (Å²) in [7, 11) is 1.86. The lowest BCUT2D eigenvalue weighted by Gasteiger charge is -2.36. The maximum Gasteiger partial charge on any atom is 0.193 e. The fourth-order valence-corrected chi connectivity index (χ4v) is 4.31. The van der Waals surface area contributed by atoms with Crippen molar-refractivity contribution in [1.29, 1.82) is 0 Å². The van der Waals surface area contributed by atoms with Crippen LogP contribution < -0.4 is 5.32 Å². The first-order chi connectivity index (χ1) is 14.2. The van der Waals surface area contributed by atoms with E-state index in [0.717, 1.165) is 58.3 Å². The number of guanidine groups is 1. The third-order valence-corrected chi connectivity index (χ3v) is 5.77. The molecule has 0 saturated carbocycles. The highest BCUT2D eigenvalue weighted by atomic mass is 16.5. The van der Waals surface area contributed by atoms with Crippen molar-refractivity contribution in [1.82, 2.24) is 24.9 Å². The summed E-state index contributed by atoms with van der Waals surface area (Å²) in [4.78, 5) is 9.43. The summed E-state index contributed by atoms with van der Waals surface area (Å²) in [5, 5.41) is 7.87. The zero-order valence-corrected chi connectivity index (χ0v) is 17.5. The lowest BCUT2D eigenvalue weighted by Crippen LogP contribution is -2.50. The third-order valence-electron chi connectivity index (χ3n) is 5.77. The molecule has 0 radical (unpaired) electrons. The first-order valence-corrected chi connectivity index (χ1v) is 10.6. The van der Waals surface area contributed by atoms with Crippen LogP contribution in [-0.2, 0) is 17.8 Å². The number of ether oxygens (including phenoxy) is 1. The van der Waals surface area contributed by atoms with Crippen molar-refractivity contribution in [2.75, 3.05) is 39.8 Å². The summed E-state index contributed by atoms with van der Waals surface area (Å²) in [6.07, 6.45) is 5.24. The molecule has 0 spiro atoms. The van der Waals surface area contributed by atoms with Crippen LogP contribution in [-0.4, -0.2) is 77.5 Å². The largest absolute Gasteiger partial charge is 0.373 e. The molecule has 7 heteroatoms. The number of aliphatic imine (C=N–C) groups is 1. The van der Waals surface area contributed by atoms with Gasteiger partial charge in [0.25, 0.3) is 0 Å². The minimum Gasteiger partial charge on any atom is -0.373 e. The average Bonchev–Trinajstić information content (AvgIpc) is 3.35. The van der Waals surface area contributed by atoms with Crippen molar-refractivity contribution in [2.24, 2.45) is 4.99 Å². The zero-order valence-electron chi connectivity index (χ0n) is 17.5. The van der Waals surface area contributed by atoms with Gasteiger partial charge in [0.15, 0.2) is 5.96 Å². The Labute approximate surface area is 173 Å². The summed E-state index contributed by atoms with van der Waals surface area (Å²) in [6.45, 7) is 8.48. The molecule has 2 aliphatic rings. The number of fused-ring (bicyclic) bond motifs is 1. The van der Waals surface area contributed by atoms with Gasteiger partial charge in [0.05, 0.1) is 24.9 Å². The number of morpholine rings is 1. The lowest BCUT2D eigenvalue weighted by molar-refractivity contribution is -0.0502. The molecule has 2 fully saturated rings. The number of benzene rings is 1. The van der Waals surface area contributed by atoms with Gasteiger partial charge in [-0.15, -0.1) is 0 Å². The SMILES string of the molecule is CN=C(NCCCn1cc(C)cn1)N1CC2OCCN(Cc3ccccc3)C2C1. The zero-order chi connectivity index (χ0) is 20.1. The molecule has 0 amide bonds. The maximum atomic E-state index is 6.10. The quantitative estimate of drug-likeness (QED) is 0.458. The minimum absolute atomic E-state index is 0.248. The smallest absolute Gasteiger partial charge is 0.193 e. The van der Waals surface area contributed by atoms with Gasteiger partial charge in [0.1, 0.15) is 0 Å². The summed E-state index contributed by atoms with van der Waals surface area (Å²) in [5.41, 5.74) is 2.57. The Hall–Kier alpha value is -2.38. The van der Waals surface area contributed by atoms with E-state index in [4.69, 9.17) is 4.74 Å². The Morgan fingerprint density at radius 2 is 2.14 bits per heavy atom. The van der Waals surface area contributed by atoms with Gasteiger partial charge in [-0.25, -0.2) is 0 Å². The van der Waals surface area contributed by atoms with E-state index in [2.05, 4.69) is 68.7 Å². The second-order valence-electron chi connectivity index (χ2n) is 7.95. The Balaban J connectivity index is 1.29. The molecule has 0 aliphatic carbocycles. The fraction of sp³-hybridized carbons (Fsp3) is 0.545. The van der Waals surface area contributed by atoms with Gasteiger partial charge in [-0.05, 0) is 24.5 Å². The maximum absolute atomic E-state index is 6.10. The van der Waals surface area contributed by atoms with E-state index in [9.17, 15) is 0 Å². The molecule has 2 saturated heterocycles. The van der Waals surface area contributed by atoms with E-state index in [1.54, 1.807) is 0 Å². The molecular weight excluding hydrogens is 364 g/mol. The molecule has 0 bridgehead atoms. The van der Waals surface area contributed by atoms with Crippen LogP contribution in [0.3, 0.4) is 0 Å². The summed E-state index contributed by atoms with van der Waals surface area (Å²) >= 11 is 0. The summed E-state index contributed by atoms with van der Waals surface area (Å²) in [6, 6.07) is 11.1. The van der Waals surface area contributed by atoms with E-state index in [0.29, 0.717) is 6.04 Å². The number of aromatic nitrogens is 2. The number of hydrogen-bond donors (Lipinski definition) is 1. The molecule has 29 heavy (non-hydrogen) atoms. The second kappa shape index (κ2) is 9.41. The van der Waals surface area contributed by atoms with Crippen molar-refractivity contribution in [3.8, 4) is 0 Å². The van der Waals surface area contributed by atoms with E-state index in [-0.39, 0.29) is 6.10 Å². The molecule has 1 aromatic heterocycles. The second-order valence-corrected chi connectivity index (χ2v) is 7.95. The highest BCUT2D eigenvalue weighted by Crippen LogP contribution is 2.24. The Morgan fingerprint density at radius 3 is 2.90 bits per heavy atom. The van der Waals surface area contributed by atoms with Crippen molar-refractivity contribution in [2.45, 2.75) is 38.6 Å². The van der Waals surface area contributed by atoms with Gasteiger partial charge >= 0.3 is 0 Å². The van der Waals surface area contributed by atoms with Gasteiger partial charge < -0.3 is 15.0 Å². The topological polar surface area (TPSA) is 57.9 Å². The van der Waals surface area contributed by atoms with Crippen LogP contribution in [0.1, 0.15) is 17.5 Å². The molecule has 1 N–H and O–H groups in total. The first-order valence-electron chi connectivity index (χ1n) is 10.6. The lowest BCUT2D eigenvalue weighted by atomic mass is 10.1. The monoisotopic (exact) mass is 396 g/mol. The molecule has 2 atom stereocenters. The standard InChI is InChI=1S/C22H32N6O/c1-18-13-25-28(14-18)10-6-9-24-22(23-2)27-16-20-21(17-27)29-12-11-26(20)15-19-7-4-3-5-8-19/h3-5,7-8,13-14,20-21H,6,9-12,15-17H2,1-2H3,(H,23,24). The molecular formula is C22H32N6O. The molecule has 2 aromatic rings. The molecule has 1 aromatic carbocycles. The fourth-order valence-electron chi connectivity index (χ4n) is 4.31. The average molecular weight is 397 g/mol. The van der Waals surface area contributed by atoms with Crippen LogP contribution in [0.5, 0.6) is 0 Å². The number of nitrogens with one attached hydrogen (secondary N) is 1. The van der Waals surface area contributed by atoms with Crippen LogP contribution in [0.15, 0.2) is 47.7 Å². The Bertz CT molecular complexity index is 805. The number of hydrogen-bond acceptors (Lipinski definition) is 4. The van der Waals surface area contributed by atoms with Gasteiger partial charge in [-0.2, -0.15) is 5.10 Å². The third kappa shape index (κ3) is 4.97. The molecule has 2 aliphatic heterocycles. The van der Waals surface area contributed by atoms with Gasteiger partial charge in [0.2, 0.25) is 0 Å². The minimum atomic E-state index is 0.248. The molecule has 3 heterocycles. The highest BCUT2D eigenvalue weighted by molar-refractivity contribution is 5.80. The van der Waals surface area contributed by atoms with E-state index >= 15 is 0 Å².